The molecule has 0 saturated carbocycles. The Kier molecular flexibility index (Phi) is 6.56. The minimum Gasteiger partial charge on any atom is -0.465 e. The number of carbonyl (C=O) groups is 1. The van der Waals surface area contributed by atoms with Crippen LogP contribution in [0, 0.1) is 27.7 Å². The summed E-state index contributed by atoms with van der Waals surface area (Å²) in [7, 11) is 1.39. The maximum absolute atomic E-state index is 11.9. The molecule has 188 valence electrons. The van der Waals surface area contributed by atoms with Crippen LogP contribution >= 0.6 is 12.2 Å². The molecule has 7 heteroatoms. The molecule has 1 N–H and O–H groups in total. The smallest absolute Gasteiger partial charge is 0.337 e. The Morgan fingerprint density at radius 3 is 2.32 bits per heavy atom. The molecule has 2 atom stereocenters. The lowest BCUT2D eigenvalue weighted by atomic mass is 9.96. The van der Waals surface area contributed by atoms with Crippen molar-refractivity contribution < 1.29 is 9.53 Å². The van der Waals surface area contributed by atoms with Gasteiger partial charge in [0.05, 0.1) is 30.5 Å². The number of nitrogens with one attached hydrogen (secondary N) is 1. The van der Waals surface area contributed by atoms with Gasteiger partial charge in [0.25, 0.3) is 0 Å². The molecule has 0 amide bonds. The summed E-state index contributed by atoms with van der Waals surface area (Å²) < 4.78 is 7.07. The van der Waals surface area contributed by atoms with Crippen LogP contribution in [0.3, 0.4) is 0 Å². The summed E-state index contributed by atoms with van der Waals surface area (Å²) >= 11 is 5.92. The van der Waals surface area contributed by atoms with Crippen molar-refractivity contribution >= 4 is 29.0 Å². The molecule has 0 aliphatic carbocycles. The van der Waals surface area contributed by atoms with Gasteiger partial charge in [0.1, 0.15) is 0 Å². The molecule has 5 rings (SSSR count). The maximum Gasteiger partial charge on any atom is 0.337 e. The van der Waals surface area contributed by atoms with E-state index in [0.29, 0.717) is 10.7 Å². The van der Waals surface area contributed by atoms with Crippen molar-refractivity contribution in [3.63, 3.8) is 0 Å². The number of methoxy groups -OCH3 is 1. The summed E-state index contributed by atoms with van der Waals surface area (Å²) in [5, 5.41) is 4.23. The van der Waals surface area contributed by atoms with E-state index >= 15 is 0 Å². The van der Waals surface area contributed by atoms with Crippen LogP contribution in [0.1, 0.15) is 56.2 Å². The molecule has 0 radical (unpaired) electrons. The first-order valence-corrected chi connectivity index (χ1v) is 12.7. The molecule has 37 heavy (non-hydrogen) atoms. The zero-order chi connectivity index (χ0) is 26.3. The summed E-state index contributed by atoms with van der Waals surface area (Å²) in [5.41, 5.74) is 9.32. The van der Waals surface area contributed by atoms with Crippen LogP contribution in [0.25, 0.3) is 5.69 Å². The van der Waals surface area contributed by atoms with E-state index in [1.54, 1.807) is 12.1 Å². The number of nitrogens with zero attached hydrogens (tertiary/aromatic N) is 3. The molecule has 1 fully saturated rings. The van der Waals surface area contributed by atoms with Gasteiger partial charge < -0.3 is 19.5 Å². The highest BCUT2D eigenvalue weighted by Crippen LogP contribution is 2.44. The molecule has 1 saturated heterocycles. The molecule has 0 spiro atoms. The molecule has 1 aliphatic heterocycles. The number of ether oxygens (including phenoxy) is 1. The predicted molar refractivity (Wildman–Crippen MR) is 150 cm³/mol. The first-order valence-electron chi connectivity index (χ1n) is 12.3. The number of hydrogen-bond acceptors (Lipinski definition) is 4. The monoisotopic (exact) mass is 510 g/mol. The average Bonchev–Trinajstić information content (AvgIpc) is 3.40. The van der Waals surface area contributed by atoms with Crippen molar-refractivity contribution in [1.29, 1.82) is 0 Å². The second kappa shape index (κ2) is 9.82. The molecule has 3 heterocycles. The van der Waals surface area contributed by atoms with Crippen LogP contribution in [-0.2, 0) is 4.74 Å². The number of esters is 1. The molecule has 4 aromatic rings. The molecule has 0 bridgehead atoms. The largest absolute Gasteiger partial charge is 0.465 e. The van der Waals surface area contributed by atoms with E-state index < -0.39 is 0 Å². The van der Waals surface area contributed by atoms with Gasteiger partial charge in [-0.25, -0.2) is 4.79 Å². The minimum absolute atomic E-state index is 0.0983. The summed E-state index contributed by atoms with van der Waals surface area (Å²) in [4.78, 5) is 18.8. The van der Waals surface area contributed by atoms with E-state index in [1.807, 2.05) is 36.5 Å². The van der Waals surface area contributed by atoms with Gasteiger partial charge in [-0.2, -0.15) is 0 Å². The fourth-order valence-electron chi connectivity index (χ4n) is 5.17. The lowest BCUT2D eigenvalue weighted by molar-refractivity contribution is 0.0600. The highest BCUT2D eigenvalue weighted by atomic mass is 32.1. The summed E-state index contributed by atoms with van der Waals surface area (Å²) in [6.45, 7) is 8.47. The predicted octanol–water partition coefficient (Wildman–Crippen LogP) is 6.07. The van der Waals surface area contributed by atoms with Gasteiger partial charge in [-0.1, -0.05) is 12.1 Å². The van der Waals surface area contributed by atoms with E-state index in [9.17, 15) is 4.79 Å². The van der Waals surface area contributed by atoms with Crippen LogP contribution in [0.5, 0.6) is 0 Å². The van der Waals surface area contributed by atoms with Crippen molar-refractivity contribution in [1.82, 2.24) is 14.9 Å². The van der Waals surface area contributed by atoms with E-state index in [2.05, 4.69) is 71.7 Å². The van der Waals surface area contributed by atoms with Gasteiger partial charge in [0.15, 0.2) is 5.11 Å². The topological polar surface area (TPSA) is 59.4 Å². The van der Waals surface area contributed by atoms with Gasteiger partial charge in [-0.15, -0.1) is 0 Å². The van der Waals surface area contributed by atoms with Gasteiger partial charge in [0, 0.05) is 29.0 Å². The first-order chi connectivity index (χ1) is 17.8. The third-order valence-electron chi connectivity index (χ3n) is 7.20. The summed E-state index contributed by atoms with van der Waals surface area (Å²) in [6.07, 6.45) is 1.82. The number of anilines is 1. The van der Waals surface area contributed by atoms with Crippen molar-refractivity contribution in [2.24, 2.45) is 0 Å². The van der Waals surface area contributed by atoms with Crippen molar-refractivity contribution in [3.8, 4) is 5.69 Å². The van der Waals surface area contributed by atoms with E-state index in [1.165, 1.54) is 18.2 Å². The van der Waals surface area contributed by atoms with Gasteiger partial charge >= 0.3 is 5.97 Å². The highest BCUT2D eigenvalue weighted by molar-refractivity contribution is 7.80. The molecule has 6 nitrogen and oxygen atoms in total. The Bertz CT molecular complexity index is 1480. The summed E-state index contributed by atoms with van der Waals surface area (Å²) in [6, 6.07) is 22.0. The molecular weight excluding hydrogens is 480 g/mol. The summed E-state index contributed by atoms with van der Waals surface area (Å²) in [5.74, 6) is -0.346. The van der Waals surface area contributed by atoms with Crippen LogP contribution in [0.4, 0.5) is 5.69 Å². The van der Waals surface area contributed by atoms with Crippen LogP contribution in [0.2, 0.25) is 0 Å². The number of carbonyl (C=O) groups excluding carboxylic acids is 1. The first kappa shape index (κ1) is 24.7. The number of rotatable bonds is 5. The minimum atomic E-state index is -0.346. The Hall–Kier alpha value is -3.97. The van der Waals surface area contributed by atoms with Gasteiger partial charge in [0.2, 0.25) is 0 Å². The quantitative estimate of drug-likeness (QED) is 0.260. The molecule has 2 aromatic heterocycles. The number of aryl methyl sites for hydroxylation is 3. The number of pyridine rings is 1. The fourth-order valence-corrected chi connectivity index (χ4v) is 5.52. The highest BCUT2D eigenvalue weighted by Gasteiger charge is 2.42. The Morgan fingerprint density at radius 1 is 0.946 bits per heavy atom. The SMILES string of the molecule is COC(=O)c1ccc(-n2c(C)cc(C3C(c4ccccn4)NC(=S)N3c3ccc(C)c(C)c3)c2C)cc1. The number of benzene rings is 2. The lowest BCUT2D eigenvalue weighted by Crippen LogP contribution is -2.29. The zero-order valence-corrected chi connectivity index (χ0v) is 22.5. The lowest BCUT2D eigenvalue weighted by Gasteiger charge is -2.28. The molecule has 2 unspecified atom stereocenters. The molecule has 1 aliphatic rings. The zero-order valence-electron chi connectivity index (χ0n) is 21.6. The average molecular weight is 511 g/mol. The Labute approximate surface area is 222 Å². The second-order valence-corrected chi connectivity index (χ2v) is 9.85. The standard InChI is InChI=1S/C30H30N4O2S/c1-18-9-12-24(16-19(18)2)34-28(27(32-30(34)37)26-8-6-7-15-31-26)25-17-20(3)33(21(25)4)23-13-10-22(11-14-23)29(35)36-5/h6-17,27-28H,1-5H3,(H,32,37). The van der Waals surface area contributed by atoms with Crippen LogP contribution in [-0.4, -0.2) is 27.7 Å². The number of thiocarbonyl (C=S) groups is 1. The Morgan fingerprint density at radius 2 is 1.68 bits per heavy atom. The third kappa shape index (κ3) is 4.40. The maximum atomic E-state index is 11.9. The van der Waals surface area contributed by atoms with Crippen molar-refractivity contribution in [2.45, 2.75) is 39.8 Å². The van der Waals surface area contributed by atoms with E-state index in [4.69, 9.17) is 17.0 Å². The third-order valence-corrected chi connectivity index (χ3v) is 7.52. The van der Waals surface area contributed by atoms with Gasteiger partial charge in [-0.3, -0.25) is 4.98 Å². The normalized spacial score (nSPS) is 17.1. The van der Waals surface area contributed by atoms with Crippen molar-refractivity contribution in [3.05, 3.63) is 112 Å². The van der Waals surface area contributed by atoms with E-state index in [-0.39, 0.29) is 18.1 Å². The number of hydrogen-bond donors (Lipinski definition) is 1. The molecule has 2 aromatic carbocycles. The van der Waals surface area contributed by atoms with E-state index in [0.717, 1.165) is 34.0 Å². The van der Waals surface area contributed by atoms with Crippen molar-refractivity contribution in [2.75, 3.05) is 12.0 Å². The van der Waals surface area contributed by atoms with Crippen LogP contribution < -0.4 is 10.2 Å². The van der Waals surface area contributed by atoms with Gasteiger partial charge in [-0.05, 0) is 111 Å². The second-order valence-electron chi connectivity index (χ2n) is 9.47. The number of aromatic nitrogens is 2. The van der Waals surface area contributed by atoms with Crippen LogP contribution in [0.15, 0.2) is 72.9 Å². The fraction of sp³-hybridized carbons (Fsp3) is 0.233. The molecular formula is C30H30N4O2S. The Balaban J connectivity index is 1.64.